The van der Waals surface area contributed by atoms with Crippen molar-refractivity contribution in [3.63, 3.8) is 0 Å². The van der Waals surface area contributed by atoms with Crippen molar-refractivity contribution >= 4 is 11.8 Å². The number of hydrogen-bond donors (Lipinski definition) is 1. The van der Waals surface area contributed by atoms with E-state index in [1.54, 1.807) is 0 Å². The Labute approximate surface area is 102 Å². The number of likely N-dealkylation sites (tertiary alicyclic amines) is 1. The molecule has 96 valence electrons. The molecule has 1 N–H and O–H groups in total. The van der Waals surface area contributed by atoms with Gasteiger partial charge in [-0.15, -0.1) is 0 Å². The van der Waals surface area contributed by atoms with E-state index in [9.17, 15) is 9.59 Å². The lowest BCUT2D eigenvalue weighted by atomic mass is 9.89. The van der Waals surface area contributed by atoms with Crippen molar-refractivity contribution in [1.82, 2.24) is 4.90 Å². The van der Waals surface area contributed by atoms with Gasteiger partial charge in [0.05, 0.1) is 11.8 Å². The van der Waals surface area contributed by atoms with Crippen molar-refractivity contribution in [2.75, 3.05) is 13.2 Å². The Morgan fingerprint density at radius 3 is 2.24 bits per heavy atom. The summed E-state index contributed by atoms with van der Waals surface area (Å²) in [6.07, 6.45) is 3.35. The van der Waals surface area contributed by atoms with Crippen molar-refractivity contribution in [3.05, 3.63) is 0 Å². The standard InChI is InChI=1S/C13H21NO3/c1-13(2,6-7-15)8-14-11(16)9-4-3-5-10(9)12(14)17/h9-10,15H,3-8H2,1-2H3. The molecule has 2 rings (SSSR count). The van der Waals surface area contributed by atoms with E-state index in [2.05, 4.69) is 0 Å². The third-order valence-electron chi connectivity index (χ3n) is 4.06. The fourth-order valence-corrected chi connectivity index (χ4v) is 3.03. The molecule has 0 aromatic rings. The molecule has 1 aliphatic heterocycles. The number of imide groups is 1. The van der Waals surface area contributed by atoms with Crippen LogP contribution in [0.25, 0.3) is 0 Å². The summed E-state index contributed by atoms with van der Waals surface area (Å²) < 4.78 is 0. The highest BCUT2D eigenvalue weighted by molar-refractivity contribution is 6.05. The van der Waals surface area contributed by atoms with Gasteiger partial charge in [-0.1, -0.05) is 20.3 Å². The Morgan fingerprint density at radius 2 is 1.76 bits per heavy atom. The number of aliphatic hydroxyl groups is 1. The minimum absolute atomic E-state index is 0.0171. The molecule has 2 unspecified atom stereocenters. The van der Waals surface area contributed by atoms with Gasteiger partial charge in [0.1, 0.15) is 0 Å². The van der Waals surface area contributed by atoms with Gasteiger partial charge in [-0.25, -0.2) is 0 Å². The van der Waals surface area contributed by atoms with Crippen molar-refractivity contribution in [1.29, 1.82) is 0 Å². The Hall–Kier alpha value is -0.900. The highest BCUT2D eigenvalue weighted by Crippen LogP contribution is 2.40. The average Bonchev–Trinajstić information content (AvgIpc) is 2.79. The van der Waals surface area contributed by atoms with Gasteiger partial charge < -0.3 is 5.11 Å². The first kappa shape index (κ1) is 12.6. The summed E-state index contributed by atoms with van der Waals surface area (Å²) in [4.78, 5) is 25.7. The van der Waals surface area contributed by atoms with Gasteiger partial charge in [-0.05, 0) is 24.7 Å². The molecule has 2 aliphatic rings. The zero-order valence-corrected chi connectivity index (χ0v) is 10.6. The van der Waals surface area contributed by atoms with Crippen molar-refractivity contribution in [2.45, 2.75) is 39.5 Å². The zero-order chi connectivity index (χ0) is 12.6. The van der Waals surface area contributed by atoms with Gasteiger partial charge in [0, 0.05) is 13.2 Å². The summed E-state index contributed by atoms with van der Waals surface area (Å²) in [5, 5.41) is 8.98. The number of aliphatic hydroxyl groups excluding tert-OH is 1. The summed E-state index contributed by atoms with van der Waals surface area (Å²) in [5.74, 6) is -0.0631. The fourth-order valence-electron chi connectivity index (χ4n) is 3.03. The Balaban J connectivity index is 2.07. The van der Waals surface area contributed by atoms with Crippen LogP contribution in [0.4, 0.5) is 0 Å². The van der Waals surface area contributed by atoms with Gasteiger partial charge in [-0.3, -0.25) is 14.5 Å². The molecular formula is C13H21NO3. The van der Waals surface area contributed by atoms with E-state index in [4.69, 9.17) is 5.11 Å². The van der Waals surface area contributed by atoms with Gasteiger partial charge in [0.15, 0.2) is 0 Å². The summed E-state index contributed by atoms with van der Waals surface area (Å²) in [6, 6.07) is 0. The largest absolute Gasteiger partial charge is 0.396 e. The number of nitrogens with zero attached hydrogens (tertiary/aromatic N) is 1. The molecule has 2 fully saturated rings. The van der Waals surface area contributed by atoms with E-state index in [0.717, 1.165) is 19.3 Å². The number of fused-ring (bicyclic) bond motifs is 1. The van der Waals surface area contributed by atoms with Crippen LogP contribution < -0.4 is 0 Å². The molecule has 17 heavy (non-hydrogen) atoms. The number of hydrogen-bond acceptors (Lipinski definition) is 3. The molecule has 1 aliphatic carbocycles. The molecule has 1 saturated carbocycles. The van der Waals surface area contributed by atoms with Gasteiger partial charge in [0.25, 0.3) is 0 Å². The number of amides is 2. The predicted octanol–water partition coefficient (Wildman–Crippen LogP) is 1.18. The molecule has 0 aromatic carbocycles. The van der Waals surface area contributed by atoms with Gasteiger partial charge in [0.2, 0.25) is 11.8 Å². The van der Waals surface area contributed by atoms with Crippen LogP contribution in [0, 0.1) is 17.3 Å². The van der Waals surface area contributed by atoms with E-state index in [1.165, 1.54) is 4.90 Å². The third kappa shape index (κ3) is 2.23. The first-order valence-electron chi connectivity index (χ1n) is 6.42. The highest BCUT2D eigenvalue weighted by Gasteiger charge is 2.50. The summed E-state index contributed by atoms with van der Waals surface area (Å²) in [6.45, 7) is 4.50. The van der Waals surface area contributed by atoms with Crippen LogP contribution in [-0.2, 0) is 9.59 Å². The molecule has 2 atom stereocenters. The van der Waals surface area contributed by atoms with Gasteiger partial charge >= 0.3 is 0 Å². The Kier molecular flexibility index (Phi) is 3.25. The second kappa shape index (κ2) is 4.41. The number of rotatable bonds is 4. The molecule has 0 aromatic heterocycles. The van der Waals surface area contributed by atoms with E-state index in [0.29, 0.717) is 13.0 Å². The van der Waals surface area contributed by atoms with Crippen molar-refractivity contribution in [3.8, 4) is 0 Å². The second-order valence-corrected chi connectivity index (χ2v) is 6.04. The van der Waals surface area contributed by atoms with Crippen molar-refractivity contribution in [2.24, 2.45) is 17.3 Å². The van der Waals surface area contributed by atoms with Crippen molar-refractivity contribution < 1.29 is 14.7 Å². The number of carbonyl (C=O) groups excluding carboxylic acids is 2. The van der Waals surface area contributed by atoms with Crippen LogP contribution in [-0.4, -0.2) is 35.0 Å². The molecule has 1 heterocycles. The molecule has 2 amide bonds. The van der Waals surface area contributed by atoms with Crippen LogP contribution in [0.15, 0.2) is 0 Å². The molecule has 0 radical (unpaired) electrons. The smallest absolute Gasteiger partial charge is 0.233 e. The summed E-state index contributed by atoms with van der Waals surface area (Å²) in [7, 11) is 0. The predicted molar refractivity (Wildman–Crippen MR) is 63.0 cm³/mol. The lowest BCUT2D eigenvalue weighted by molar-refractivity contribution is -0.142. The lowest BCUT2D eigenvalue weighted by Crippen LogP contribution is -2.39. The number of carbonyl (C=O) groups is 2. The minimum atomic E-state index is -0.196. The fraction of sp³-hybridized carbons (Fsp3) is 0.846. The van der Waals surface area contributed by atoms with E-state index in [-0.39, 0.29) is 35.7 Å². The van der Waals surface area contributed by atoms with E-state index in [1.807, 2.05) is 13.8 Å². The van der Waals surface area contributed by atoms with Crippen LogP contribution in [0.2, 0.25) is 0 Å². The minimum Gasteiger partial charge on any atom is -0.396 e. The molecule has 4 nitrogen and oxygen atoms in total. The first-order valence-corrected chi connectivity index (χ1v) is 6.42. The Morgan fingerprint density at radius 1 is 1.24 bits per heavy atom. The average molecular weight is 239 g/mol. The maximum Gasteiger partial charge on any atom is 0.233 e. The molecular weight excluding hydrogens is 218 g/mol. The summed E-state index contributed by atoms with van der Waals surface area (Å²) >= 11 is 0. The molecule has 0 bridgehead atoms. The first-order chi connectivity index (χ1) is 7.96. The SMILES string of the molecule is CC(C)(CCO)CN1C(=O)C2CCCC2C1=O. The maximum absolute atomic E-state index is 12.1. The summed E-state index contributed by atoms with van der Waals surface area (Å²) in [5.41, 5.74) is -0.196. The van der Waals surface area contributed by atoms with Gasteiger partial charge in [-0.2, -0.15) is 0 Å². The van der Waals surface area contributed by atoms with Crippen LogP contribution in [0.3, 0.4) is 0 Å². The highest BCUT2D eigenvalue weighted by atomic mass is 16.3. The quantitative estimate of drug-likeness (QED) is 0.749. The van der Waals surface area contributed by atoms with Crippen LogP contribution in [0.1, 0.15) is 39.5 Å². The normalized spacial score (nSPS) is 29.0. The van der Waals surface area contributed by atoms with Crippen LogP contribution in [0.5, 0.6) is 0 Å². The van der Waals surface area contributed by atoms with E-state index >= 15 is 0 Å². The monoisotopic (exact) mass is 239 g/mol. The lowest BCUT2D eigenvalue weighted by Gasteiger charge is -2.29. The molecule has 1 saturated heterocycles. The molecule has 4 heteroatoms. The third-order valence-corrected chi connectivity index (χ3v) is 4.06. The Bertz CT molecular complexity index is 316. The second-order valence-electron chi connectivity index (χ2n) is 6.04. The van der Waals surface area contributed by atoms with Crippen LogP contribution >= 0.6 is 0 Å². The zero-order valence-electron chi connectivity index (χ0n) is 10.6. The van der Waals surface area contributed by atoms with E-state index < -0.39 is 0 Å². The maximum atomic E-state index is 12.1. The molecule has 0 spiro atoms. The topological polar surface area (TPSA) is 57.6 Å².